The van der Waals surface area contributed by atoms with Gasteiger partial charge in [0.15, 0.2) is 0 Å². The number of benzene rings is 1. The quantitative estimate of drug-likeness (QED) is 0.792. The number of hydrogen-bond donors (Lipinski definition) is 3. The second kappa shape index (κ2) is 6.96. The molecule has 0 saturated heterocycles. The first-order chi connectivity index (χ1) is 11.2. The summed E-state index contributed by atoms with van der Waals surface area (Å²) in [6, 6.07) is 7.73. The maximum atomic E-state index is 12.5. The van der Waals surface area contributed by atoms with Crippen molar-refractivity contribution >= 4 is 11.6 Å². The summed E-state index contributed by atoms with van der Waals surface area (Å²) >= 11 is 0. The fourth-order valence-electron chi connectivity index (χ4n) is 3.47. The van der Waals surface area contributed by atoms with Crippen molar-refractivity contribution in [3.63, 3.8) is 0 Å². The van der Waals surface area contributed by atoms with Gasteiger partial charge in [-0.3, -0.25) is 4.79 Å². The Morgan fingerprint density at radius 3 is 2.83 bits per heavy atom. The minimum atomic E-state index is -0.0129. The maximum absolute atomic E-state index is 12.5. The van der Waals surface area contributed by atoms with E-state index in [-0.39, 0.29) is 11.3 Å². The second-order valence-corrected chi connectivity index (χ2v) is 6.51. The molecule has 1 heterocycles. The van der Waals surface area contributed by atoms with Crippen molar-refractivity contribution in [2.24, 2.45) is 11.1 Å². The molecule has 1 aromatic carbocycles. The molecule has 5 heteroatoms. The lowest BCUT2D eigenvalue weighted by molar-refractivity contribution is -0.118. The molecule has 1 aliphatic carbocycles. The van der Waals surface area contributed by atoms with E-state index in [2.05, 4.69) is 15.3 Å². The Morgan fingerprint density at radius 1 is 1.30 bits per heavy atom. The first-order valence-corrected chi connectivity index (χ1v) is 8.31. The number of aromatic amines is 1. The number of carbonyl (C=O) groups is 1. The van der Waals surface area contributed by atoms with Crippen molar-refractivity contribution in [2.45, 2.75) is 38.5 Å². The summed E-state index contributed by atoms with van der Waals surface area (Å²) in [5.41, 5.74) is 7.72. The predicted octanol–water partition coefficient (Wildman–Crippen LogP) is 3.31. The molecule has 1 aromatic heterocycles. The van der Waals surface area contributed by atoms with E-state index in [4.69, 9.17) is 5.73 Å². The number of H-pyrrole nitrogens is 1. The average molecular weight is 312 g/mol. The van der Waals surface area contributed by atoms with Gasteiger partial charge in [0.25, 0.3) is 0 Å². The second-order valence-electron chi connectivity index (χ2n) is 6.51. The SMILES string of the molecule is NCC1(CC(=O)Nc2cccc(-c3ncc[nH]3)c2)CCCCC1. The van der Waals surface area contributed by atoms with Crippen molar-refractivity contribution in [3.05, 3.63) is 36.7 Å². The van der Waals surface area contributed by atoms with Crippen molar-refractivity contribution in [3.8, 4) is 11.4 Å². The number of aromatic nitrogens is 2. The molecule has 1 saturated carbocycles. The van der Waals surface area contributed by atoms with Crippen LogP contribution < -0.4 is 11.1 Å². The molecule has 0 radical (unpaired) electrons. The molecule has 23 heavy (non-hydrogen) atoms. The van der Waals surface area contributed by atoms with Gasteiger partial charge in [-0.15, -0.1) is 0 Å². The van der Waals surface area contributed by atoms with E-state index in [0.717, 1.165) is 29.9 Å². The molecule has 3 rings (SSSR count). The molecule has 0 bridgehead atoms. The molecular formula is C18H24N4O. The minimum Gasteiger partial charge on any atom is -0.345 e. The third-order valence-corrected chi connectivity index (χ3v) is 4.80. The topological polar surface area (TPSA) is 83.8 Å². The number of nitrogens with zero attached hydrogens (tertiary/aromatic N) is 1. The highest BCUT2D eigenvalue weighted by atomic mass is 16.1. The van der Waals surface area contributed by atoms with E-state index < -0.39 is 0 Å². The van der Waals surface area contributed by atoms with Crippen LogP contribution in [0.4, 0.5) is 5.69 Å². The molecule has 0 unspecified atom stereocenters. The van der Waals surface area contributed by atoms with E-state index in [1.54, 1.807) is 12.4 Å². The molecule has 4 N–H and O–H groups in total. The number of rotatable bonds is 5. The monoisotopic (exact) mass is 312 g/mol. The molecule has 0 atom stereocenters. The smallest absolute Gasteiger partial charge is 0.224 e. The lowest BCUT2D eigenvalue weighted by atomic mass is 9.71. The molecular weight excluding hydrogens is 288 g/mol. The number of anilines is 1. The fraction of sp³-hybridized carbons (Fsp3) is 0.444. The van der Waals surface area contributed by atoms with Crippen LogP contribution in [0.25, 0.3) is 11.4 Å². The summed E-state index contributed by atoms with van der Waals surface area (Å²) in [6.07, 6.45) is 9.75. The number of amides is 1. The van der Waals surface area contributed by atoms with Gasteiger partial charge in [0.2, 0.25) is 5.91 Å². The Kier molecular flexibility index (Phi) is 4.76. The van der Waals surface area contributed by atoms with E-state index in [1.165, 1.54) is 19.3 Å². The molecule has 2 aromatic rings. The normalized spacial score (nSPS) is 16.9. The molecule has 1 fully saturated rings. The highest BCUT2D eigenvalue weighted by Crippen LogP contribution is 2.38. The summed E-state index contributed by atoms with van der Waals surface area (Å²) in [5.74, 6) is 0.848. The number of hydrogen-bond acceptors (Lipinski definition) is 3. The minimum absolute atomic E-state index is 0.0129. The zero-order valence-electron chi connectivity index (χ0n) is 13.3. The summed E-state index contributed by atoms with van der Waals surface area (Å²) in [5, 5.41) is 3.01. The van der Waals surface area contributed by atoms with Crippen LogP contribution in [-0.2, 0) is 4.79 Å². The van der Waals surface area contributed by atoms with E-state index in [9.17, 15) is 4.79 Å². The summed E-state index contributed by atoms with van der Waals surface area (Å²) < 4.78 is 0. The first kappa shape index (κ1) is 15.7. The summed E-state index contributed by atoms with van der Waals surface area (Å²) in [6.45, 7) is 0.590. The lowest BCUT2D eigenvalue weighted by Gasteiger charge is -2.35. The number of imidazole rings is 1. The maximum Gasteiger partial charge on any atom is 0.224 e. The highest BCUT2D eigenvalue weighted by Gasteiger charge is 2.32. The van der Waals surface area contributed by atoms with Gasteiger partial charge >= 0.3 is 0 Å². The van der Waals surface area contributed by atoms with Crippen LogP contribution in [-0.4, -0.2) is 22.4 Å². The van der Waals surface area contributed by atoms with Crippen LogP contribution in [0.3, 0.4) is 0 Å². The van der Waals surface area contributed by atoms with Gasteiger partial charge in [0.05, 0.1) is 0 Å². The van der Waals surface area contributed by atoms with Gasteiger partial charge < -0.3 is 16.0 Å². The van der Waals surface area contributed by atoms with Crippen LogP contribution in [0, 0.1) is 5.41 Å². The molecule has 5 nitrogen and oxygen atoms in total. The lowest BCUT2D eigenvalue weighted by Crippen LogP contribution is -2.36. The molecule has 122 valence electrons. The number of nitrogens with one attached hydrogen (secondary N) is 2. The van der Waals surface area contributed by atoms with Gasteiger partial charge in [-0.25, -0.2) is 4.98 Å². The van der Waals surface area contributed by atoms with Gasteiger partial charge in [0.1, 0.15) is 5.82 Å². The third-order valence-electron chi connectivity index (χ3n) is 4.80. The summed E-state index contributed by atoms with van der Waals surface area (Å²) in [7, 11) is 0. The zero-order chi connectivity index (χ0) is 16.1. The fourth-order valence-corrected chi connectivity index (χ4v) is 3.47. The van der Waals surface area contributed by atoms with E-state index in [1.807, 2.05) is 24.3 Å². The van der Waals surface area contributed by atoms with Gasteiger partial charge in [-0.05, 0) is 36.9 Å². The molecule has 0 aliphatic heterocycles. The first-order valence-electron chi connectivity index (χ1n) is 8.31. The number of nitrogens with two attached hydrogens (primary N) is 1. The van der Waals surface area contributed by atoms with Crippen LogP contribution in [0.2, 0.25) is 0 Å². The Morgan fingerprint density at radius 2 is 2.13 bits per heavy atom. The van der Waals surface area contributed by atoms with Crippen molar-refractivity contribution < 1.29 is 4.79 Å². The zero-order valence-corrected chi connectivity index (χ0v) is 13.3. The Labute approximate surface area is 136 Å². The molecule has 1 aliphatic rings. The summed E-state index contributed by atoms with van der Waals surface area (Å²) in [4.78, 5) is 19.8. The van der Waals surface area contributed by atoms with Gasteiger partial charge in [0, 0.05) is 30.1 Å². The van der Waals surface area contributed by atoms with Crippen LogP contribution >= 0.6 is 0 Å². The van der Waals surface area contributed by atoms with Crippen LogP contribution in [0.1, 0.15) is 38.5 Å². The van der Waals surface area contributed by atoms with Crippen molar-refractivity contribution in [1.82, 2.24) is 9.97 Å². The molecule has 0 spiro atoms. The predicted molar refractivity (Wildman–Crippen MR) is 91.8 cm³/mol. The Hall–Kier alpha value is -2.14. The Bertz CT molecular complexity index is 645. The molecule has 1 amide bonds. The van der Waals surface area contributed by atoms with Gasteiger partial charge in [-0.2, -0.15) is 0 Å². The number of carbonyl (C=O) groups excluding carboxylic acids is 1. The average Bonchev–Trinajstić information content (AvgIpc) is 3.10. The Balaban J connectivity index is 1.67. The highest BCUT2D eigenvalue weighted by molar-refractivity contribution is 5.91. The van der Waals surface area contributed by atoms with Crippen molar-refractivity contribution in [2.75, 3.05) is 11.9 Å². The largest absolute Gasteiger partial charge is 0.345 e. The third kappa shape index (κ3) is 3.79. The van der Waals surface area contributed by atoms with Crippen molar-refractivity contribution in [1.29, 1.82) is 0 Å². The standard InChI is InChI=1S/C18H24N4O/c19-13-18(7-2-1-3-8-18)12-16(23)22-15-6-4-5-14(11-15)17-20-9-10-21-17/h4-6,9-11H,1-3,7-8,12-13,19H2,(H,20,21)(H,22,23). The van der Waals surface area contributed by atoms with Crippen LogP contribution in [0.5, 0.6) is 0 Å². The van der Waals surface area contributed by atoms with Gasteiger partial charge in [-0.1, -0.05) is 31.4 Å². The van der Waals surface area contributed by atoms with E-state index in [0.29, 0.717) is 13.0 Å². The van der Waals surface area contributed by atoms with E-state index >= 15 is 0 Å². The van der Waals surface area contributed by atoms with Crippen LogP contribution in [0.15, 0.2) is 36.7 Å².